The first-order valence-electron chi connectivity index (χ1n) is 9.70. The molecule has 0 aliphatic carbocycles. The van der Waals surface area contributed by atoms with Crippen LogP contribution in [0.3, 0.4) is 0 Å². The lowest BCUT2D eigenvalue weighted by Gasteiger charge is -2.21. The fourth-order valence-corrected chi connectivity index (χ4v) is 4.37. The summed E-state index contributed by atoms with van der Waals surface area (Å²) in [6.45, 7) is 2.04. The summed E-state index contributed by atoms with van der Waals surface area (Å²) in [7, 11) is 0. The largest absolute Gasteiger partial charge is 0.360 e. The smallest absolute Gasteiger partial charge is 0.225 e. The molecule has 0 saturated carbocycles. The van der Waals surface area contributed by atoms with Crippen molar-refractivity contribution < 1.29 is 9.59 Å². The molecule has 0 radical (unpaired) electrons. The third-order valence-electron chi connectivity index (χ3n) is 5.17. The number of benzene rings is 3. The number of halogens is 1. The molecule has 3 aromatic carbocycles. The van der Waals surface area contributed by atoms with Crippen LogP contribution in [-0.2, 0) is 11.2 Å². The normalized spacial score (nSPS) is 11.9. The van der Waals surface area contributed by atoms with Crippen molar-refractivity contribution in [1.29, 1.82) is 0 Å². The van der Waals surface area contributed by atoms with E-state index >= 15 is 0 Å². The molecule has 4 nitrogen and oxygen atoms in total. The van der Waals surface area contributed by atoms with Crippen molar-refractivity contribution in [2.75, 3.05) is 0 Å². The SMILES string of the molecule is Cc1ccc(C(NC(=O)Cc2ccc3[nH]cc(C=O)c3c2)c2ccccc2)c(Br)c1. The number of aromatic amines is 1. The minimum absolute atomic E-state index is 0.0844. The number of H-pyrrole nitrogens is 1. The van der Waals surface area contributed by atoms with Crippen molar-refractivity contribution in [1.82, 2.24) is 10.3 Å². The molecule has 4 aromatic rings. The minimum Gasteiger partial charge on any atom is -0.360 e. The summed E-state index contributed by atoms with van der Waals surface area (Å²) in [5.74, 6) is -0.0844. The maximum Gasteiger partial charge on any atom is 0.225 e. The van der Waals surface area contributed by atoms with Crippen LogP contribution in [0.5, 0.6) is 0 Å². The zero-order chi connectivity index (χ0) is 21.1. The maximum absolute atomic E-state index is 13.0. The summed E-state index contributed by atoms with van der Waals surface area (Å²) in [4.78, 5) is 27.3. The number of hydrogen-bond acceptors (Lipinski definition) is 2. The highest BCUT2D eigenvalue weighted by Crippen LogP contribution is 2.29. The van der Waals surface area contributed by atoms with E-state index in [4.69, 9.17) is 0 Å². The van der Waals surface area contributed by atoms with Crippen LogP contribution in [0.2, 0.25) is 0 Å². The van der Waals surface area contributed by atoms with Gasteiger partial charge in [-0.2, -0.15) is 0 Å². The Morgan fingerprint density at radius 2 is 1.90 bits per heavy atom. The van der Waals surface area contributed by atoms with Gasteiger partial charge in [0.05, 0.1) is 12.5 Å². The number of hydrogen-bond donors (Lipinski definition) is 2. The lowest BCUT2D eigenvalue weighted by atomic mass is 9.97. The minimum atomic E-state index is -0.268. The zero-order valence-corrected chi connectivity index (χ0v) is 18.1. The van der Waals surface area contributed by atoms with Gasteiger partial charge in [-0.15, -0.1) is 0 Å². The number of aromatic nitrogens is 1. The summed E-state index contributed by atoms with van der Waals surface area (Å²) < 4.78 is 0.959. The summed E-state index contributed by atoms with van der Waals surface area (Å²) >= 11 is 3.65. The summed E-state index contributed by atoms with van der Waals surface area (Å²) in [5, 5.41) is 4.01. The van der Waals surface area contributed by atoms with Gasteiger partial charge < -0.3 is 10.3 Å². The van der Waals surface area contributed by atoms with E-state index in [2.05, 4.69) is 32.3 Å². The van der Waals surface area contributed by atoms with Crippen LogP contribution in [0, 0.1) is 6.92 Å². The average Bonchev–Trinajstić information content (AvgIpc) is 3.15. The Labute approximate surface area is 183 Å². The second-order valence-electron chi connectivity index (χ2n) is 7.35. The fourth-order valence-electron chi connectivity index (χ4n) is 3.65. The molecule has 0 bridgehead atoms. The fraction of sp³-hybridized carbons (Fsp3) is 0.120. The van der Waals surface area contributed by atoms with E-state index in [-0.39, 0.29) is 18.4 Å². The predicted molar refractivity (Wildman–Crippen MR) is 123 cm³/mol. The molecular formula is C25H21BrN2O2. The van der Waals surface area contributed by atoms with Crippen molar-refractivity contribution in [3.05, 3.63) is 105 Å². The molecule has 4 rings (SSSR count). The Bertz CT molecular complexity index is 1210. The van der Waals surface area contributed by atoms with Gasteiger partial charge in [0, 0.05) is 27.1 Å². The Kier molecular flexibility index (Phi) is 5.81. The van der Waals surface area contributed by atoms with E-state index < -0.39 is 0 Å². The van der Waals surface area contributed by atoms with Gasteiger partial charge in [-0.25, -0.2) is 0 Å². The average molecular weight is 461 g/mol. The Morgan fingerprint density at radius 3 is 2.63 bits per heavy atom. The molecular weight excluding hydrogens is 440 g/mol. The van der Waals surface area contributed by atoms with Crippen molar-refractivity contribution in [2.24, 2.45) is 0 Å². The Hall–Kier alpha value is -3.18. The highest BCUT2D eigenvalue weighted by atomic mass is 79.9. The number of carbonyl (C=O) groups excluding carboxylic acids is 2. The number of nitrogens with one attached hydrogen (secondary N) is 2. The van der Waals surface area contributed by atoms with Crippen LogP contribution in [-0.4, -0.2) is 17.2 Å². The van der Waals surface area contributed by atoms with Crippen molar-refractivity contribution in [3.63, 3.8) is 0 Å². The van der Waals surface area contributed by atoms with Gasteiger partial charge >= 0.3 is 0 Å². The van der Waals surface area contributed by atoms with Gasteiger partial charge in [0.25, 0.3) is 0 Å². The van der Waals surface area contributed by atoms with Gasteiger partial charge in [-0.1, -0.05) is 64.5 Å². The molecule has 1 amide bonds. The number of aldehydes is 1. The third-order valence-corrected chi connectivity index (χ3v) is 5.86. The number of rotatable bonds is 6. The van der Waals surface area contributed by atoms with Crippen molar-refractivity contribution >= 4 is 39.0 Å². The first kappa shape index (κ1) is 20.1. The van der Waals surface area contributed by atoms with E-state index in [9.17, 15) is 9.59 Å². The molecule has 0 aliphatic heterocycles. The highest BCUT2D eigenvalue weighted by molar-refractivity contribution is 9.10. The second kappa shape index (κ2) is 8.67. The zero-order valence-electron chi connectivity index (χ0n) is 16.5. The van der Waals surface area contributed by atoms with Crippen molar-refractivity contribution in [2.45, 2.75) is 19.4 Å². The van der Waals surface area contributed by atoms with Gasteiger partial charge in [-0.05, 0) is 47.4 Å². The summed E-state index contributed by atoms with van der Waals surface area (Å²) in [6.07, 6.45) is 2.73. The highest BCUT2D eigenvalue weighted by Gasteiger charge is 2.19. The molecule has 150 valence electrons. The lowest BCUT2D eigenvalue weighted by molar-refractivity contribution is -0.120. The topological polar surface area (TPSA) is 62.0 Å². The standard InChI is InChI=1S/C25H21BrN2O2/c1-16-7-9-20(22(26)11-16)25(18-5-3-2-4-6-18)28-24(30)13-17-8-10-23-21(12-17)19(15-29)14-27-23/h2-12,14-15,25,27H,13H2,1H3,(H,28,30). The number of aryl methyl sites for hydroxylation is 1. The van der Waals surface area contributed by atoms with E-state index in [0.29, 0.717) is 5.56 Å². The molecule has 0 spiro atoms. The summed E-state index contributed by atoms with van der Waals surface area (Å²) in [5.41, 5.74) is 5.50. The second-order valence-corrected chi connectivity index (χ2v) is 8.21. The Balaban J connectivity index is 1.61. The first-order chi connectivity index (χ1) is 14.5. The van der Waals surface area contributed by atoms with Gasteiger partial charge in [0.15, 0.2) is 6.29 Å². The van der Waals surface area contributed by atoms with Crippen LogP contribution in [0.25, 0.3) is 10.9 Å². The molecule has 0 aliphatic rings. The lowest BCUT2D eigenvalue weighted by Crippen LogP contribution is -2.30. The maximum atomic E-state index is 13.0. The quantitative estimate of drug-likeness (QED) is 0.373. The molecule has 5 heteroatoms. The first-order valence-corrected chi connectivity index (χ1v) is 10.5. The molecule has 1 heterocycles. The van der Waals surface area contributed by atoms with E-state index in [1.807, 2.05) is 67.6 Å². The number of amides is 1. The predicted octanol–water partition coefficient (Wildman–Crippen LogP) is 5.50. The molecule has 0 saturated heterocycles. The van der Waals surface area contributed by atoms with Crippen LogP contribution < -0.4 is 5.32 Å². The van der Waals surface area contributed by atoms with Crippen molar-refractivity contribution in [3.8, 4) is 0 Å². The molecule has 1 atom stereocenters. The monoisotopic (exact) mass is 460 g/mol. The van der Waals surface area contributed by atoms with Crippen LogP contribution in [0.15, 0.2) is 77.4 Å². The Morgan fingerprint density at radius 1 is 1.10 bits per heavy atom. The molecule has 1 aromatic heterocycles. The molecule has 1 unspecified atom stereocenters. The van der Waals surface area contributed by atoms with Crippen LogP contribution in [0.4, 0.5) is 0 Å². The van der Waals surface area contributed by atoms with E-state index in [1.54, 1.807) is 6.20 Å². The summed E-state index contributed by atoms with van der Waals surface area (Å²) in [6, 6.07) is 21.5. The molecule has 2 N–H and O–H groups in total. The van der Waals surface area contributed by atoms with Gasteiger partial charge in [-0.3, -0.25) is 9.59 Å². The third kappa shape index (κ3) is 4.21. The molecule has 0 fully saturated rings. The molecule has 30 heavy (non-hydrogen) atoms. The van der Waals surface area contributed by atoms with E-state index in [0.717, 1.165) is 43.9 Å². The van der Waals surface area contributed by atoms with Crippen LogP contribution >= 0.6 is 15.9 Å². The number of fused-ring (bicyclic) bond motifs is 1. The van der Waals surface area contributed by atoms with Gasteiger partial charge in [0.1, 0.15) is 0 Å². The number of carbonyl (C=O) groups is 2. The van der Waals surface area contributed by atoms with E-state index in [1.165, 1.54) is 0 Å². The van der Waals surface area contributed by atoms with Gasteiger partial charge in [0.2, 0.25) is 5.91 Å². The van der Waals surface area contributed by atoms with Crippen LogP contribution in [0.1, 0.15) is 38.7 Å².